The van der Waals surface area contributed by atoms with Crippen molar-refractivity contribution in [1.29, 1.82) is 0 Å². The van der Waals surface area contributed by atoms with Crippen molar-refractivity contribution in [2.24, 2.45) is 22.2 Å². The van der Waals surface area contributed by atoms with Gasteiger partial charge >= 0.3 is 11.9 Å². The number of nitrogens with one attached hydrogen (secondary N) is 2. The largest absolute Gasteiger partial charge is 0.481 e. The van der Waals surface area contributed by atoms with Crippen molar-refractivity contribution in [3.63, 3.8) is 0 Å². The maximum atomic E-state index is 13.0. The predicted octanol–water partition coefficient (Wildman–Crippen LogP) is -3.09. The maximum Gasteiger partial charge on any atom is 0.322 e. The van der Waals surface area contributed by atoms with Crippen LogP contribution in [0, 0.1) is 0 Å². The molecule has 0 bridgehead atoms. The minimum absolute atomic E-state index is 0.0880. The third-order valence-corrected chi connectivity index (χ3v) is 4.82. The molecule has 3 atom stereocenters. The zero-order valence-corrected chi connectivity index (χ0v) is 17.7. The van der Waals surface area contributed by atoms with Crippen LogP contribution in [0.15, 0.2) is 4.99 Å². The Morgan fingerprint density at radius 1 is 1.09 bits per heavy atom. The molecule has 32 heavy (non-hydrogen) atoms. The molecule has 0 spiro atoms. The Morgan fingerprint density at radius 3 is 2.38 bits per heavy atom. The van der Waals surface area contributed by atoms with Gasteiger partial charge in [-0.2, -0.15) is 0 Å². The van der Waals surface area contributed by atoms with Crippen LogP contribution in [0.3, 0.4) is 0 Å². The number of aliphatic imine (C=N–C) groups is 1. The number of carboxylic acids is 2. The molecule has 14 heteroatoms. The number of carboxylic acid groups (broad SMARTS) is 2. The fourth-order valence-electron chi connectivity index (χ4n) is 3.24. The molecule has 1 rings (SSSR count). The van der Waals surface area contributed by atoms with Crippen LogP contribution in [0.2, 0.25) is 0 Å². The smallest absolute Gasteiger partial charge is 0.322 e. The number of nitrogens with two attached hydrogens (primary N) is 3. The first kappa shape index (κ1) is 26.6. The molecule has 14 nitrogen and oxygen atoms in total. The molecule has 0 aromatic carbocycles. The second kappa shape index (κ2) is 13.1. The van der Waals surface area contributed by atoms with E-state index < -0.39 is 54.3 Å². The first-order valence-corrected chi connectivity index (χ1v) is 10.2. The van der Waals surface area contributed by atoms with E-state index in [0.717, 1.165) is 0 Å². The summed E-state index contributed by atoms with van der Waals surface area (Å²) in [5.41, 5.74) is 16.3. The summed E-state index contributed by atoms with van der Waals surface area (Å²) in [5, 5.41) is 22.4. The van der Waals surface area contributed by atoms with E-state index in [1.165, 1.54) is 4.90 Å². The van der Waals surface area contributed by atoms with E-state index in [9.17, 15) is 24.0 Å². The summed E-state index contributed by atoms with van der Waals surface area (Å²) < 4.78 is 0. The van der Waals surface area contributed by atoms with Crippen molar-refractivity contribution in [1.82, 2.24) is 15.5 Å². The molecule has 10 N–H and O–H groups in total. The van der Waals surface area contributed by atoms with Gasteiger partial charge in [-0.05, 0) is 32.1 Å². The van der Waals surface area contributed by atoms with Gasteiger partial charge in [-0.15, -0.1) is 0 Å². The zero-order chi connectivity index (χ0) is 24.3. The Balaban J connectivity index is 2.81. The Morgan fingerprint density at radius 2 is 1.78 bits per heavy atom. The van der Waals surface area contributed by atoms with Crippen molar-refractivity contribution in [3.05, 3.63) is 0 Å². The first-order valence-electron chi connectivity index (χ1n) is 10.2. The number of hydrogen-bond acceptors (Lipinski definition) is 7. The highest BCUT2D eigenvalue weighted by Crippen LogP contribution is 2.20. The van der Waals surface area contributed by atoms with Crippen LogP contribution in [0.25, 0.3) is 0 Å². The Hall–Kier alpha value is -3.42. The van der Waals surface area contributed by atoms with Gasteiger partial charge in [-0.1, -0.05) is 0 Å². The van der Waals surface area contributed by atoms with Gasteiger partial charge in [0.15, 0.2) is 5.96 Å². The lowest BCUT2D eigenvalue weighted by molar-refractivity contribution is -0.143. The number of guanidine groups is 1. The van der Waals surface area contributed by atoms with Crippen LogP contribution in [0.1, 0.15) is 38.5 Å². The Labute approximate surface area is 184 Å². The topological polar surface area (TPSA) is 244 Å². The molecule has 1 saturated heterocycles. The van der Waals surface area contributed by atoms with Crippen molar-refractivity contribution in [2.45, 2.75) is 56.7 Å². The normalized spacial score (nSPS) is 17.2. The predicted molar refractivity (Wildman–Crippen MR) is 112 cm³/mol. The van der Waals surface area contributed by atoms with E-state index in [1.54, 1.807) is 0 Å². The summed E-state index contributed by atoms with van der Waals surface area (Å²) in [6.07, 6.45) is 0.882. The molecule has 0 saturated carbocycles. The van der Waals surface area contributed by atoms with E-state index >= 15 is 0 Å². The third kappa shape index (κ3) is 9.16. The summed E-state index contributed by atoms with van der Waals surface area (Å²) in [7, 11) is 0. The van der Waals surface area contributed by atoms with E-state index in [1.807, 2.05) is 0 Å². The monoisotopic (exact) mass is 457 g/mol. The molecule has 0 aromatic rings. The van der Waals surface area contributed by atoms with Gasteiger partial charge in [0.05, 0.1) is 6.04 Å². The quantitative estimate of drug-likeness (QED) is 0.0834. The van der Waals surface area contributed by atoms with Gasteiger partial charge in [0.2, 0.25) is 17.7 Å². The first-order chi connectivity index (χ1) is 15.0. The number of likely N-dealkylation sites (tertiary alicyclic amines) is 1. The standard InChI is InChI=1S/C18H31N7O7/c19-10(3-1-7-22-18(20)21)15(30)24-11(5-6-13(26)27)17(32)25-8-2-4-12(25)16(31)23-9-14(28)29/h10-12H,1-9,19H2,(H,23,31)(H,24,30)(H,26,27)(H,28,29)(H4,20,21,22). The number of hydrogen-bond donors (Lipinski definition) is 7. The fraction of sp³-hybridized carbons (Fsp3) is 0.667. The number of nitrogens with zero attached hydrogens (tertiary/aromatic N) is 2. The zero-order valence-electron chi connectivity index (χ0n) is 17.7. The number of aliphatic carboxylic acids is 2. The summed E-state index contributed by atoms with van der Waals surface area (Å²) in [5.74, 6) is -4.37. The van der Waals surface area contributed by atoms with Gasteiger partial charge in [-0.25, -0.2) is 0 Å². The highest BCUT2D eigenvalue weighted by atomic mass is 16.4. The van der Waals surface area contributed by atoms with Gasteiger partial charge in [-0.3, -0.25) is 29.0 Å². The van der Waals surface area contributed by atoms with Crippen molar-refractivity contribution < 1.29 is 34.2 Å². The molecular weight excluding hydrogens is 426 g/mol. The lowest BCUT2D eigenvalue weighted by Gasteiger charge is -2.29. The summed E-state index contributed by atoms with van der Waals surface area (Å²) in [4.78, 5) is 64.5. The highest BCUT2D eigenvalue weighted by molar-refractivity contribution is 5.94. The molecule has 0 aliphatic carbocycles. The summed E-state index contributed by atoms with van der Waals surface area (Å²) in [6.45, 7) is -0.106. The molecule has 0 aromatic heterocycles. The number of carbonyl (C=O) groups excluding carboxylic acids is 3. The summed E-state index contributed by atoms with van der Waals surface area (Å²) in [6, 6.07) is -3.08. The highest BCUT2D eigenvalue weighted by Gasteiger charge is 2.38. The number of carbonyl (C=O) groups is 5. The number of rotatable bonds is 13. The Bertz CT molecular complexity index is 739. The van der Waals surface area contributed by atoms with Crippen LogP contribution in [0.5, 0.6) is 0 Å². The van der Waals surface area contributed by atoms with E-state index in [4.69, 9.17) is 27.4 Å². The average molecular weight is 457 g/mol. The van der Waals surface area contributed by atoms with Crippen molar-refractivity contribution >= 4 is 35.6 Å². The molecule has 1 heterocycles. The lowest BCUT2D eigenvalue weighted by atomic mass is 10.1. The van der Waals surface area contributed by atoms with Gasteiger partial charge in [0, 0.05) is 19.5 Å². The molecule has 3 unspecified atom stereocenters. The van der Waals surface area contributed by atoms with Crippen molar-refractivity contribution in [2.75, 3.05) is 19.6 Å². The fourth-order valence-corrected chi connectivity index (χ4v) is 3.24. The molecule has 0 radical (unpaired) electrons. The van der Waals surface area contributed by atoms with Crippen LogP contribution in [0.4, 0.5) is 0 Å². The van der Waals surface area contributed by atoms with Crippen LogP contribution < -0.4 is 27.8 Å². The molecule has 1 fully saturated rings. The maximum absolute atomic E-state index is 13.0. The number of amides is 3. The molecule has 3 amide bonds. The second-order valence-electron chi connectivity index (χ2n) is 7.35. The minimum atomic E-state index is -1.23. The minimum Gasteiger partial charge on any atom is -0.481 e. The van der Waals surface area contributed by atoms with E-state index in [0.29, 0.717) is 19.3 Å². The molecule has 1 aliphatic heterocycles. The van der Waals surface area contributed by atoms with Crippen LogP contribution in [-0.2, 0) is 24.0 Å². The molecule has 180 valence electrons. The van der Waals surface area contributed by atoms with Crippen LogP contribution >= 0.6 is 0 Å². The van der Waals surface area contributed by atoms with Gasteiger partial charge in [0.25, 0.3) is 0 Å². The molecule has 1 aliphatic rings. The van der Waals surface area contributed by atoms with Gasteiger partial charge < -0.3 is 42.9 Å². The Kier molecular flexibility index (Phi) is 10.9. The van der Waals surface area contributed by atoms with E-state index in [-0.39, 0.29) is 38.3 Å². The average Bonchev–Trinajstić information content (AvgIpc) is 3.21. The van der Waals surface area contributed by atoms with Crippen LogP contribution in [-0.4, -0.2) is 88.5 Å². The lowest BCUT2D eigenvalue weighted by Crippen LogP contribution is -2.56. The third-order valence-electron chi connectivity index (χ3n) is 4.82. The van der Waals surface area contributed by atoms with Gasteiger partial charge in [0.1, 0.15) is 18.6 Å². The second-order valence-corrected chi connectivity index (χ2v) is 7.35. The molecular formula is C18H31N7O7. The SMILES string of the molecule is NC(N)=NCCCC(N)C(=O)NC(CCC(=O)O)C(=O)N1CCCC1C(=O)NCC(=O)O. The van der Waals surface area contributed by atoms with E-state index in [2.05, 4.69) is 15.6 Å². The van der Waals surface area contributed by atoms with Crippen molar-refractivity contribution in [3.8, 4) is 0 Å². The summed E-state index contributed by atoms with van der Waals surface area (Å²) >= 11 is 0.